The standard InChI is InChI=1S/C16H23N3O5/c1-10(2)18-16(23)19-14(21)11(3)24-15(22)12-6-4-5-7-13(12)17-8-9-20/h4-7,10-11,17,20H,8-9H2,1-3H3,(H2,18,19,21,23)/t11-/m0/s1. The number of aliphatic hydroxyl groups excluding tert-OH is 1. The number of urea groups is 1. The van der Waals surface area contributed by atoms with Crippen molar-refractivity contribution in [2.45, 2.75) is 32.9 Å². The van der Waals surface area contributed by atoms with Gasteiger partial charge in [0.05, 0.1) is 12.2 Å². The lowest BCUT2D eigenvalue weighted by Gasteiger charge is -2.16. The Kier molecular flexibility index (Phi) is 7.70. The van der Waals surface area contributed by atoms with Crippen LogP contribution in [0, 0.1) is 0 Å². The summed E-state index contributed by atoms with van der Waals surface area (Å²) in [5, 5.41) is 16.3. The van der Waals surface area contributed by atoms with Crippen molar-refractivity contribution in [3.8, 4) is 0 Å². The summed E-state index contributed by atoms with van der Waals surface area (Å²) in [4.78, 5) is 35.5. The second-order valence-corrected chi connectivity index (χ2v) is 5.36. The van der Waals surface area contributed by atoms with Crippen molar-refractivity contribution < 1.29 is 24.2 Å². The van der Waals surface area contributed by atoms with Crippen molar-refractivity contribution in [2.24, 2.45) is 0 Å². The summed E-state index contributed by atoms with van der Waals surface area (Å²) in [5.41, 5.74) is 0.721. The molecule has 3 amide bonds. The number of carbonyl (C=O) groups is 3. The molecule has 0 aliphatic heterocycles. The number of rotatable bonds is 7. The SMILES string of the molecule is CC(C)NC(=O)NC(=O)[C@H](C)OC(=O)c1ccccc1NCCO. The van der Waals surface area contributed by atoms with E-state index >= 15 is 0 Å². The molecule has 0 spiro atoms. The molecule has 8 nitrogen and oxygen atoms in total. The molecule has 0 saturated carbocycles. The van der Waals surface area contributed by atoms with E-state index in [1.807, 2.05) is 0 Å². The third-order valence-electron chi connectivity index (χ3n) is 2.88. The smallest absolute Gasteiger partial charge is 0.341 e. The molecule has 0 saturated heterocycles. The van der Waals surface area contributed by atoms with Crippen LogP contribution in [0.2, 0.25) is 0 Å². The number of aliphatic hydroxyl groups is 1. The highest BCUT2D eigenvalue weighted by Gasteiger charge is 2.22. The van der Waals surface area contributed by atoms with E-state index in [-0.39, 0.29) is 24.8 Å². The zero-order valence-corrected chi connectivity index (χ0v) is 14.0. The van der Waals surface area contributed by atoms with Crippen LogP contribution in [0.4, 0.5) is 10.5 Å². The normalized spacial score (nSPS) is 11.5. The fourth-order valence-electron chi connectivity index (χ4n) is 1.80. The maximum absolute atomic E-state index is 12.2. The predicted octanol–water partition coefficient (Wildman–Crippen LogP) is 0.870. The summed E-state index contributed by atoms with van der Waals surface area (Å²) in [7, 11) is 0. The Morgan fingerprint density at radius 3 is 2.46 bits per heavy atom. The average molecular weight is 337 g/mol. The number of para-hydroxylation sites is 1. The Labute approximate surface area is 140 Å². The minimum Gasteiger partial charge on any atom is -0.449 e. The van der Waals surface area contributed by atoms with Gasteiger partial charge in [0.25, 0.3) is 5.91 Å². The molecule has 1 rings (SSSR count). The molecule has 24 heavy (non-hydrogen) atoms. The Morgan fingerprint density at radius 1 is 1.17 bits per heavy atom. The van der Waals surface area contributed by atoms with E-state index in [4.69, 9.17) is 9.84 Å². The molecule has 8 heteroatoms. The number of imide groups is 1. The highest BCUT2D eigenvalue weighted by molar-refractivity contribution is 6.00. The number of carbonyl (C=O) groups excluding carboxylic acids is 3. The molecule has 0 unspecified atom stereocenters. The van der Waals surface area contributed by atoms with Gasteiger partial charge in [-0.3, -0.25) is 10.1 Å². The van der Waals surface area contributed by atoms with Gasteiger partial charge < -0.3 is 20.5 Å². The van der Waals surface area contributed by atoms with Crippen LogP contribution in [0.15, 0.2) is 24.3 Å². The van der Waals surface area contributed by atoms with Gasteiger partial charge in [-0.25, -0.2) is 9.59 Å². The maximum Gasteiger partial charge on any atom is 0.341 e. The minimum atomic E-state index is -1.14. The third-order valence-corrected chi connectivity index (χ3v) is 2.88. The number of esters is 1. The van der Waals surface area contributed by atoms with E-state index in [9.17, 15) is 14.4 Å². The first-order valence-electron chi connectivity index (χ1n) is 7.61. The molecule has 1 aromatic carbocycles. The van der Waals surface area contributed by atoms with Crippen LogP contribution >= 0.6 is 0 Å². The summed E-state index contributed by atoms with van der Waals surface area (Å²) in [6.45, 7) is 5.07. The largest absolute Gasteiger partial charge is 0.449 e. The van der Waals surface area contributed by atoms with Crippen molar-refractivity contribution in [2.75, 3.05) is 18.5 Å². The van der Waals surface area contributed by atoms with Crippen molar-refractivity contribution >= 4 is 23.6 Å². The molecule has 132 valence electrons. The summed E-state index contributed by atoms with van der Waals surface area (Å²) in [5.74, 6) is -1.43. The van der Waals surface area contributed by atoms with E-state index in [2.05, 4.69) is 16.0 Å². The summed E-state index contributed by atoms with van der Waals surface area (Å²) >= 11 is 0. The Balaban J connectivity index is 2.67. The first kappa shape index (κ1) is 19.4. The first-order valence-corrected chi connectivity index (χ1v) is 7.61. The quantitative estimate of drug-likeness (QED) is 0.549. The lowest BCUT2D eigenvalue weighted by atomic mass is 10.2. The van der Waals surface area contributed by atoms with Gasteiger partial charge in [0, 0.05) is 18.3 Å². The van der Waals surface area contributed by atoms with Crippen LogP contribution < -0.4 is 16.0 Å². The lowest BCUT2D eigenvalue weighted by Crippen LogP contribution is -2.46. The molecule has 0 radical (unpaired) electrons. The molecule has 0 aliphatic rings. The monoisotopic (exact) mass is 337 g/mol. The molecule has 0 aromatic heterocycles. The number of ether oxygens (including phenoxy) is 1. The zero-order chi connectivity index (χ0) is 18.1. The van der Waals surface area contributed by atoms with E-state index in [1.165, 1.54) is 13.0 Å². The van der Waals surface area contributed by atoms with Crippen molar-refractivity contribution in [3.05, 3.63) is 29.8 Å². The molecular weight excluding hydrogens is 314 g/mol. The summed E-state index contributed by atoms with van der Waals surface area (Å²) in [6.07, 6.45) is -1.14. The molecule has 1 atom stereocenters. The number of hydrogen-bond acceptors (Lipinski definition) is 6. The topological polar surface area (TPSA) is 117 Å². The second kappa shape index (κ2) is 9.51. The molecule has 0 heterocycles. The van der Waals surface area contributed by atoms with Gasteiger partial charge in [-0.1, -0.05) is 12.1 Å². The van der Waals surface area contributed by atoms with Crippen LogP contribution in [0.3, 0.4) is 0 Å². The van der Waals surface area contributed by atoms with Gasteiger partial charge in [0.15, 0.2) is 6.10 Å². The number of nitrogens with one attached hydrogen (secondary N) is 3. The molecule has 0 aliphatic carbocycles. The minimum absolute atomic E-state index is 0.0901. The van der Waals surface area contributed by atoms with E-state index in [0.29, 0.717) is 5.69 Å². The third kappa shape index (κ3) is 6.25. The zero-order valence-electron chi connectivity index (χ0n) is 14.0. The maximum atomic E-state index is 12.2. The van der Waals surface area contributed by atoms with E-state index < -0.39 is 24.0 Å². The number of amides is 3. The molecule has 0 bridgehead atoms. The van der Waals surface area contributed by atoms with Crippen molar-refractivity contribution in [1.29, 1.82) is 0 Å². The lowest BCUT2D eigenvalue weighted by molar-refractivity contribution is -0.127. The van der Waals surface area contributed by atoms with Crippen LogP contribution in [-0.2, 0) is 9.53 Å². The fraction of sp³-hybridized carbons (Fsp3) is 0.438. The molecule has 1 aromatic rings. The second-order valence-electron chi connectivity index (χ2n) is 5.36. The molecular formula is C16H23N3O5. The van der Waals surface area contributed by atoms with Gasteiger partial charge in [-0.05, 0) is 32.9 Å². The van der Waals surface area contributed by atoms with E-state index in [0.717, 1.165) is 0 Å². The van der Waals surface area contributed by atoms with Crippen LogP contribution in [0.5, 0.6) is 0 Å². The molecule has 4 N–H and O–H groups in total. The van der Waals surface area contributed by atoms with Gasteiger partial charge in [0.2, 0.25) is 0 Å². The molecule has 0 fully saturated rings. The van der Waals surface area contributed by atoms with E-state index in [1.54, 1.807) is 32.0 Å². The Hall–Kier alpha value is -2.61. The fourth-order valence-corrected chi connectivity index (χ4v) is 1.80. The average Bonchev–Trinajstić information content (AvgIpc) is 2.52. The van der Waals surface area contributed by atoms with Gasteiger partial charge in [-0.15, -0.1) is 0 Å². The summed E-state index contributed by atoms with van der Waals surface area (Å²) in [6, 6.07) is 5.80. The van der Waals surface area contributed by atoms with Gasteiger partial charge >= 0.3 is 12.0 Å². The van der Waals surface area contributed by atoms with Crippen molar-refractivity contribution in [3.63, 3.8) is 0 Å². The van der Waals surface area contributed by atoms with Crippen molar-refractivity contribution in [1.82, 2.24) is 10.6 Å². The first-order chi connectivity index (χ1) is 11.3. The number of benzene rings is 1. The number of anilines is 1. The Morgan fingerprint density at radius 2 is 1.83 bits per heavy atom. The van der Waals surface area contributed by atoms with Gasteiger partial charge in [-0.2, -0.15) is 0 Å². The Bertz CT molecular complexity index is 589. The van der Waals surface area contributed by atoms with Crippen LogP contribution in [-0.4, -0.2) is 48.3 Å². The predicted molar refractivity (Wildman–Crippen MR) is 88.7 cm³/mol. The number of hydrogen-bond donors (Lipinski definition) is 4. The highest BCUT2D eigenvalue weighted by Crippen LogP contribution is 2.16. The van der Waals surface area contributed by atoms with Crippen LogP contribution in [0.1, 0.15) is 31.1 Å². The summed E-state index contributed by atoms with van der Waals surface area (Å²) < 4.78 is 5.09. The van der Waals surface area contributed by atoms with Gasteiger partial charge in [0.1, 0.15) is 0 Å². The van der Waals surface area contributed by atoms with Crippen LogP contribution in [0.25, 0.3) is 0 Å². The highest BCUT2D eigenvalue weighted by atomic mass is 16.5.